The number of piperidine rings is 1. The van der Waals surface area contributed by atoms with Gasteiger partial charge in [-0.25, -0.2) is 0 Å². The number of rotatable bonds is 1. The largest absolute Gasteiger partial charge is 0.296 e. The molecule has 18 heavy (non-hydrogen) atoms. The van der Waals surface area contributed by atoms with Gasteiger partial charge in [-0.15, -0.1) is 0 Å². The van der Waals surface area contributed by atoms with Crippen LogP contribution in [0.2, 0.25) is 0 Å². The van der Waals surface area contributed by atoms with Crippen molar-refractivity contribution < 1.29 is 9.59 Å². The lowest BCUT2D eigenvalue weighted by Crippen LogP contribution is -2.39. The van der Waals surface area contributed by atoms with Crippen molar-refractivity contribution >= 4 is 38.6 Å². The van der Waals surface area contributed by atoms with Crippen LogP contribution in [0.3, 0.4) is 0 Å². The fourth-order valence-electron chi connectivity index (χ4n) is 2.26. The summed E-state index contributed by atoms with van der Waals surface area (Å²) >= 11 is 3.42. The Hall–Kier alpha value is -1.69. The van der Waals surface area contributed by atoms with Crippen LogP contribution in [-0.2, 0) is 9.59 Å². The molecule has 2 amide bonds. The summed E-state index contributed by atoms with van der Waals surface area (Å²) in [4.78, 5) is 23.0. The molecule has 1 aliphatic rings. The maximum atomic E-state index is 11.8. The van der Waals surface area contributed by atoms with E-state index in [9.17, 15) is 9.59 Å². The van der Waals surface area contributed by atoms with E-state index in [1.165, 1.54) is 0 Å². The van der Waals surface area contributed by atoms with Gasteiger partial charge in [0.2, 0.25) is 11.8 Å². The highest BCUT2D eigenvalue weighted by Gasteiger charge is 2.30. The molecule has 0 spiro atoms. The number of hydrogen-bond acceptors (Lipinski definition) is 3. The normalized spacial score (nSPS) is 20.2. The Labute approximate surface area is 111 Å². The number of H-pyrrole nitrogens is 1. The fraction of sp³-hybridized carbons (Fsp3) is 0.250. The van der Waals surface area contributed by atoms with Crippen LogP contribution in [0.15, 0.2) is 22.7 Å². The minimum atomic E-state index is -0.331. The van der Waals surface area contributed by atoms with Gasteiger partial charge in [0.15, 0.2) is 0 Å². The molecule has 2 aromatic rings. The second kappa shape index (κ2) is 4.20. The Morgan fingerprint density at radius 3 is 2.94 bits per heavy atom. The first kappa shape index (κ1) is 11.4. The summed E-state index contributed by atoms with van der Waals surface area (Å²) in [5.41, 5.74) is 1.58. The first-order chi connectivity index (χ1) is 8.66. The number of halogens is 1. The van der Waals surface area contributed by atoms with Gasteiger partial charge in [-0.05, 0) is 28.4 Å². The van der Waals surface area contributed by atoms with Crippen LogP contribution in [0.4, 0.5) is 0 Å². The molecule has 6 heteroatoms. The van der Waals surface area contributed by atoms with Crippen LogP contribution in [0.1, 0.15) is 24.5 Å². The average molecular weight is 308 g/mol. The number of amides is 2. The van der Waals surface area contributed by atoms with Gasteiger partial charge in [0.05, 0.1) is 11.6 Å². The van der Waals surface area contributed by atoms with E-state index in [1.807, 2.05) is 18.2 Å². The van der Waals surface area contributed by atoms with Crippen LogP contribution in [0.25, 0.3) is 10.9 Å². The van der Waals surface area contributed by atoms with Crippen molar-refractivity contribution in [3.05, 3.63) is 28.4 Å². The first-order valence-corrected chi connectivity index (χ1v) is 6.42. The Balaban J connectivity index is 2.07. The number of carbonyl (C=O) groups is 2. The lowest BCUT2D eigenvalue weighted by molar-refractivity contribution is -0.134. The molecule has 3 rings (SSSR count). The summed E-state index contributed by atoms with van der Waals surface area (Å²) in [7, 11) is 0. The molecule has 5 nitrogen and oxygen atoms in total. The molecule has 0 saturated carbocycles. The average Bonchev–Trinajstić information content (AvgIpc) is 2.74. The third-order valence-electron chi connectivity index (χ3n) is 3.15. The molecule has 1 atom stereocenters. The molecule has 0 radical (unpaired) electrons. The molecule has 1 aromatic heterocycles. The topological polar surface area (TPSA) is 74.8 Å². The number of aromatic amines is 1. The van der Waals surface area contributed by atoms with Crippen molar-refractivity contribution in [3.8, 4) is 0 Å². The molecule has 0 bridgehead atoms. The second-order valence-corrected chi connectivity index (χ2v) is 5.13. The van der Waals surface area contributed by atoms with Crippen molar-refractivity contribution in [2.45, 2.75) is 18.8 Å². The molecule has 1 aromatic carbocycles. The van der Waals surface area contributed by atoms with Crippen molar-refractivity contribution in [1.29, 1.82) is 0 Å². The lowest BCUT2D eigenvalue weighted by atomic mass is 9.93. The number of carbonyl (C=O) groups excluding carboxylic acids is 2. The molecule has 1 unspecified atom stereocenters. The second-order valence-electron chi connectivity index (χ2n) is 4.28. The van der Waals surface area contributed by atoms with Gasteiger partial charge >= 0.3 is 0 Å². The highest BCUT2D eigenvalue weighted by molar-refractivity contribution is 9.10. The van der Waals surface area contributed by atoms with Gasteiger partial charge in [0, 0.05) is 16.3 Å². The number of benzene rings is 1. The van der Waals surface area contributed by atoms with Crippen molar-refractivity contribution in [1.82, 2.24) is 15.5 Å². The summed E-state index contributed by atoms with van der Waals surface area (Å²) in [6.45, 7) is 0. The summed E-state index contributed by atoms with van der Waals surface area (Å²) in [5, 5.41) is 10.4. The summed E-state index contributed by atoms with van der Waals surface area (Å²) < 4.78 is 0.884. The Morgan fingerprint density at radius 1 is 1.33 bits per heavy atom. The monoisotopic (exact) mass is 307 g/mol. The number of hydrogen-bond donors (Lipinski definition) is 2. The molecular formula is C12H10BrN3O2. The molecule has 1 aliphatic heterocycles. The van der Waals surface area contributed by atoms with Gasteiger partial charge in [-0.2, -0.15) is 5.10 Å². The minimum absolute atomic E-state index is 0.207. The summed E-state index contributed by atoms with van der Waals surface area (Å²) in [5.74, 6) is -0.792. The molecule has 0 aliphatic carbocycles. The number of fused-ring (bicyclic) bond motifs is 1. The standard InChI is InChI=1S/C12H10BrN3O2/c13-8-3-1-2-6-10(15-16-11(6)8)7-4-5-9(17)14-12(7)18/h1-3,7H,4-5H2,(H,15,16)(H,14,17,18). The van der Waals surface area contributed by atoms with E-state index in [4.69, 9.17) is 0 Å². The van der Waals surface area contributed by atoms with Crippen LogP contribution in [0, 0.1) is 0 Å². The molecular weight excluding hydrogens is 298 g/mol. The smallest absolute Gasteiger partial charge is 0.235 e. The van der Waals surface area contributed by atoms with Crippen LogP contribution < -0.4 is 5.32 Å². The zero-order valence-corrected chi connectivity index (χ0v) is 11.0. The van der Waals surface area contributed by atoms with Crippen LogP contribution in [0.5, 0.6) is 0 Å². The van der Waals surface area contributed by atoms with Crippen molar-refractivity contribution in [2.75, 3.05) is 0 Å². The summed E-state index contributed by atoms with van der Waals surface area (Å²) in [6.07, 6.45) is 0.888. The molecule has 1 saturated heterocycles. The SMILES string of the molecule is O=C1CCC(c2[nH]nc3c(Br)cccc23)C(=O)N1. The predicted molar refractivity (Wildman–Crippen MR) is 68.9 cm³/mol. The van der Waals surface area contributed by atoms with E-state index in [0.717, 1.165) is 21.1 Å². The molecule has 2 heterocycles. The van der Waals surface area contributed by atoms with E-state index >= 15 is 0 Å². The van der Waals surface area contributed by atoms with Crippen molar-refractivity contribution in [3.63, 3.8) is 0 Å². The number of para-hydroxylation sites is 1. The molecule has 1 fully saturated rings. The van der Waals surface area contributed by atoms with E-state index in [2.05, 4.69) is 31.4 Å². The van der Waals surface area contributed by atoms with Gasteiger partial charge in [0.25, 0.3) is 0 Å². The number of aromatic nitrogens is 2. The summed E-state index contributed by atoms with van der Waals surface area (Å²) in [6, 6.07) is 5.72. The number of nitrogens with one attached hydrogen (secondary N) is 2. The Kier molecular flexibility index (Phi) is 2.66. The third-order valence-corrected chi connectivity index (χ3v) is 3.79. The Bertz CT molecular complexity index is 650. The number of nitrogens with zero attached hydrogens (tertiary/aromatic N) is 1. The van der Waals surface area contributed by atoms with Gasteiger partial charge in [-0.1, -0.05) is 12.1 Å². The highest BCUT2D eigenvalue weighted by atomic mass is 79.9. The number of imide groups is 1. The van der Waals surface area contributed by atoms with Gasteiger partial charge in [-0.3, -0.25) is 20.0 Å². The van der Waals surface area contributed by atoms with E-state index in [0.29, 0.717) is 12.8 Å². The minimum Gasteiger partial charge on any atom is -0.296 e. The van der Waals surface area contributed by atoms with Gasteiger partial charge in [0.1, 0.15) is 5.52 Å². The van der Waals surface area contributed by atoms with Crippen molar-refractivity contribution in [2.24, 2.45) is 0 Å². The Morgan fingerprint density at radius 2 is 2.17 bits per heavy atom. The van der Waals surface area contributed by atoms with Crippen LogP contribution in [-0.4, -0.2) is 22.0 Å². The highest BCUT2D eigenvalue weighted by Crippen LogP contribution is 2.31. The predicted octanol–water partition coefficient (Wildman–Crippen LogP) is 1.85. The molecule has 92 valence electrons. The molecule has 2 N–H and O–H groups in total. The van der Waals surface area contributed by atoms with Crippen LogP contribution >= 0.6 is 15.9 Å². The zero-order valence-electron chi connectivity index (χ0n) is 9.37. The third kappa shape index (κ3) is 1.73. The first-order valence-electron chi connectivity index (χ1n) is 5.63. The maximum Gasteiger partial charge on any atom is 0.235 e. The quantitative estimate of drug-likeness (QED) is 0.790. The maximum absolute atomic E-state index is 11.8. The van der Waals surface area contributed by atoms with E-state index < -0.39 is 0 Å². The van der Waals surface area contributed by atoms with E-state index in [1.54, 1.807) is 0 Å². The fourth-order valence-corrected chi connectivity index (χ4v) is 2.71. The van der Waals surface area contributed by atoms with E-state index in [-0.39, 0.29) is 17.7 Å². The van der Waals surface area contributed by atoms with Gasteiger partial charge < -0.3 is 0 Å². The lowest BCUT2D eigenvalue weighted by Gasteiger charge is -2.19. The zero-order chi connectivity index (χ0) is 12.7.